The molecule has 0 spiro atoms. The van der Waals surface area contributed by atoms with Crippen molar-refractivity contribution in [1.29, 1.82) is 0 Å². The molecule has 0 aliphatic rings. The molecular formula is C9H5Cl3S. The lowest BCUT2D eigenvalue weighted by atomic mass is 10.2. The van der Waals surface area contributed by atoms with Crippen molar-refractivity contribution in [3.05, 3.63) is 32.1 Å². The monoisotopic (exact) mass is 250 g/mol. The number of thiophene rings is 1. The first-order valence-electron chi connectivity index (χ1n) is 3.63. The molecule has 0 N–H and O–H groups in total. The molecule has 0 saturated heterocycles. The Bertz CT molecular complexity index is 473. The Morgan fingerprint density at radius 3 is 2.46 bits per heavy atom. The number of hydrogen-bond acceptors (Lipinski definition) is 1. The lowest BCUT2D eigenvalue weighted by Gasteiger charge is -1.99. The lowest BCUT2D eigenvalue weighted by molar-refractivity contribution is 1.65. The van der Waals surface area contributed by atoms with E-state index in [9.17, 15) is 0 Å². The van der Waals surface area contributed by atoms with Crippen LogP contribution >= 0.6 is 46.1 Å². The van der Waals surface area contributed by atoms with E-state index in [2.05, 4.69) is 0 Å². The van der Waals surface area contributed by atoms with Gasteiger partial charge in [0, 0.05) is 15.0 Å². The smallest absolute Gasteiger partial charge is 0.0785 e. The van der Waals surface area contributed by atoms with Gasteiger partial charge in [-0.2, -0.15) is 0 Å². The number of halogens is 3. The minimum atomic E-state index is 0.439. The third-order valence-corrected chi connectivity index (χ3v) is 4.05. The molecule has 0 saturated carbocycles. The molecule has 0 bridgehead atoms. The van der Waals surface area contributed by atoms with Crippen LogP contribution in [0.5, 0.6) is 0 Å². The molecule has 0 nitrogen and oxygen atoms in total. The van der Waals surface area contributed by atoms with E-state index in [4.69, 9.17) is 34.8 Å². The van der Waals surface area contributed by atoms with E-state index in [0.29, 0.717) is 15.1 Å². The van der Waals surface area contributed by atoms with Gasteiger partial charge in [-0.3, -0.25) is 0 Å². The fraction of sp³-hybridized carbons (Fsp3) is 0.111. The highest BCUT2D eigenvalue weighted by molar-refractivity contribution is 7.19. The second-order valence-corrected chi connectivity index (χ2v) is 5.21. The molecule has 1 aromatic carbocycles. The van der Waals surface area contributed by atoms with Crippen molar-refractivity contribution in [2.75, 3.05) is 0 Å². The van der Waals surface area contributed by atoms with Crippen LogP contribution in [0.1, 0.15) is 4.88 Å². The SMILES string of the molecule is Cc1cc2c(Cl)c(Cl)c(Cl)cc2s1. The van der Waals surface area contributed by atoms with E-state index in [1.54, 1.807) is 11.3 Å². The summed E-state index contributed by atoms with van der Waals surface area (Å²) in [6, 6.07) is 3.87. The van der Waals surface area contributed by atoms with Gasteiger partial charge in [0.2, 0.25) is 0 Å². The molecule has 1 heterocycles. The van der Waals surface area contributed by atoms with E-state index in [0.717, 1.165) is 10.1 Å². The first kappa shape index (κ1) is 9.60. The maximum atomic E-state index is 6.03. The van der Waals surface area contributed by atoms with Gasteiger partial charge in [-0.1, -0.05) is 34.8 Å². The molecule has 0 aliphatic carbocycles. The Hall–Kier alpha value is 0.0500. The summed E-state index contributed by atoms with van der Waals surface area (Å²) in [5, 5.41) is 2.49. The highest BCUT2D eigenvalue weighted by atomic mass is 35.5. The van der Waals surface area contributed by atoms with Gasteiger partial charge >= 0.3 is 0 Å². The average Bonchev–Trinajstić information content (AvgIpc) is 2.42. The third-order valence-electron chi connectivity index (χ3n) is 1.78. The zero-order valence-electron chi connectivity index (χ0n) is 6.70. The summed E-state index contributed by atoms with van der Waals surface area (Å²) in [6.07, 6.45) is 0. The zero-order chi connectivity index (χ0) is 9.59. The molecule has 1 aromatic heterocycles. The third kappa shape index (κ3) is 1.55. The summed E-state index contributed by atoms with van der Waals surface area (Å²) in [5.74, 6) is 0. The van der Waals surface area contributed by atoms with Crippen LogP contribution in [-0.2, 0) is 0 Å². The summed E-state index contributed by atoms with van der Waals surface area (Å²) in [4.78, 5) is 1.20. The molecule has 0 radical (unpaired) electrons. The van der Waals surface area contributed by atoms with Crippen LogP contribution in [0.25, 0.3) is 10.1 Å². The Kier molecular flexibility index (Phi) is 2.45. The molecule has 4 heteroatoms. The van der Waals surface area contributed by atoms with E-state index >= 15 is 0 Å². The van der Waals surface area contributed by atoms with Crippen molar-refractivity contribution in [2.24, 2.45) is 0 Å². The summed E-state index contributed by atoms with van der Waals surface area (Å²) in [6.45, 7) is 2.03. The minimum Gasteiger partial charge on any atom is -0.140 e. The molecule has 0 aliphatic heterocycles. The molecular weight excluding hydrogens is 247 g/mol. The maximum Gasteiger partial charge on any atom is 0.0785 e. The van der Waals surface area contributed by atoms with Crippen molar-refractivity contribution < 1.29 is 0 Å². The number of hydrogen-bond donors (Lipinski definition) is 0. The Morgan fingerprint density at radius 2 is 1.77 bits per heavy atom. The first-order chi connectivity index (χ1) is 6.09. The summed E-state index contributed by atoms with van der Waals surface area (Å²) >= 11 is 19.5. The molecule has 68 valence electrons. The quantitative estimate of drug-likeness (QED) is 0.567. The average molecular weight is 252 g/mol. The Morgan fingerprint density at radius 1 is 1.08 bits per heavy atom. The number of benzene rings is 1. The fourth-order valence-corrected chi connectivity index (χ4v) is 2.97. The van der Waals surface area contributed by atoms with E-state index in [-0.39, 0.29) is 0 Å². The van der Waals surface area contributed by atoms with Crippen molar-refractivity contribution in [2.45, 2.75) is 6.92 Å². The molecule has 13 heavy (non-hydrogen) atoms. The fourth-order valence-electron chi connectivity index (χ4n) is 1.21. The first-order valence-corrected chi connectivity index (χ1v) is 5.58. The largest absolute Gasteiger partial charge is 0.140 e. The maximum absolute atomic E-state index is 6.03. The molecule has 2 aromatic rings. The number of fused-ring (bicyclic) bond motifs is 1. The second-order valence-electron chi connectivity index (χ2n) is 2.76. The van der Waals surface area contributed by atoms with Gasteiger partial charge in [-0.05, 0) is 19.1 Å². The van der Waals surface area contributed by atoms with Gasteiger partial charge < -0.3 is 0 Å². The molecule has 0 fully saturated rings. The van der Waals surface area contributed by atoms with Gasteiger partial charge in [0.15, 0.2) is 0 Å². The van der Waals surface area contributed by atoms with Crippen LogP contribution in [0, 0.1) is 6.92 Å². The van der Waals surface area contributed by atoms with Crippen molar-refractivity contribution in [3.63, 3.8) is 0 Å². The highest BCUT2D eigenvalue weighted by Gasteiger charge is 2.10. The standard InChI is InChI=1S/C9H5Cl3S/c1-4-2-5-7(13-4)3-6(10)9(12)8(5)11/h2-3H,1H3. The van der Waals surface area contributed by atoms with Crippen LogP contribution in [-0.4, -0.2) is 0 Å². The second kappa shape index (κ2) is 3.32. The summed E-state index contributed by atoms with van der Waals surface area (Å²) in [5.41, 5.74) is 0. The Labute approximate surface area is 95.0 Å². The topological polar surface area (TPSA) is 0 Å². The van der Waals surface area contributed by atoms with Crippen LogP contribution < -0.4 is 0 Å². The zero-order valence-corrected chi connectivity index (χ0v) is 9.78. The molecule has 0 unspecified atom stereocenters. The van der Waals surface area contributed by atoms with E-state index < -0.39 is 0 Å². The van der Waals surface area contributed by atoms with Crippen LogP contribution in [0.15, 0.2) is 12.1 Å². The molecule has 2 rings (SSSR count). The van der Waals surface area contributed by atoms with Crippen molar-refractivity contribution in [3.8, 4) is 0 Å². The van der Waals surface area contributed by atoms with Gasteiger partial charge in [0.1, 0.15) is 0 Å². The summed E-state index contributed by atoms with van der Waals surface area (Å²) < 4.78 is 1.08. The highest BCUT2D eigenvalue weighted by Crippen LogP contribution is 2.39. The number of aryl methyl sites for hydroxylation is 1. The van der Waals surface area contributed by atoms with Gasteiger partial charge in [0.25, 0.3) is 0 Å². The minimum absolute atomic E-state index is 0.439. The van der Waals surface area contributed by atoms with Gasteiger partial charge in [-0.25, -0.2) is 0 Å². The summed E-state index contributed by atoms with van der Waals surface area (Å²) in [7, 11) is 0. The van der Waals surface area contributed by atoms with E-state index in [1.165, 1.54) is 4.88 Å². The lowest BCUT2D eigenvalue weighted by Crippen LogP contribution is -1.72. The molecule has 0 atom stereocenters. The normalized spacial score (nSPS) is 11.1. The van der Waals surface area contributed by atoms with Crippen molar-refractivity contribution >= 4 is 56.2 Å². The van der Waals surface area contributed by atoms with E-state index in [1.807, 2.05) is 19.1 Å². The number of rotatable bonds is 0. The van der Waals surface area contributed by atoms with Crippen LogP contribution in [0.4, 0.5) is 0 Å². The van der Waals surface area contributed by atoms with Crippen LogP contribution in [0.3, 0.4) is 0 Å². The predicted octanol–water partition coefficient (Wildman–Crippen LogP) is 5.17. The molecule has 0 amide bonds. The van der Waals surface area contributed by atoms with Gasteiger partial charge in [-0.15, -0.1) is 11.3 Å². The van der Waals surface area contributed by atoms with Gasteiger partial charge in [0.05, 0.1) is 15.1 Å². The predicted molar refractivity (Wildman–Crippen MR) is 61.6 cm³/mol. The Balaban J connectivity index is 2.92. The van der Waals surface area contributed by atoms with Crippen LogP contribution in [0.2, 0.25) is 15.1 Å². The van der Waals surface area contributed by atoms with Crippen molar-refractivity contribution in [1.82, 2.24) is 0 Å².